The molecule has 0 aromatic heterocycles. The smallest absolute Gasteiger partial charge is 0.0748 e. The van der Waals surface area contributed by atoms with Gasteiger partial charge in [-0.2, -0.15) is 0 Å². The zero-order chi connectivity index (χ0) is 16.5. The van der Waals surface area contributed by atoms with E-state index in [1.165, 1.54) is 77.0 Å². The van der Waals surface area contributed by atoms with E-state index < -0.39 is 0 Å². The normalized spacial score (nSPS) is 58.0. The summed E-state index contributed by atoms with van der Waals surface area (Å²) >= 11 is 4.14. The van der Waals surface area contributed by atoms with Gasteiger partial charge in [-0.25, -0.2) is 0 Å². The molecule has 4 saturated carbocycles. The topological polar surface area (TPSA) is 12.5 Å². The van der Waals surface area contributed by atoms with Crippen LogP contribution in [0.5, 0.6) is 0 Å². The van der Waals surface area contributed by atoms with Gasteiger partial charge in [0.05, 0.1) is 12.2 Å². The molecule has 0 N–H and O–H groups in total. The zero-order valence-corrected chi connectivity index (χ0v) is 17.1. The van der Waals surface area contributed by atoms with Crippen LogP contribution in [0.2, 0.25) is 0 Å². The summed E-state index contributed by atoms with van der Waals surface area (Å²) in [6.07, 6.45) is 18.4. The molecule has 6 fully saturated rings. The van der Waals surface area contributed by atoms with Crippen molar-refractivity contribution in [1.82, 2.24) is 4.90 Å². The highest BCUT2D eigenvalue weighted by Crippen LogP contribution is 2.59. The van der Waals surface area contributed by atoms with Gasteiger partial charge < -0.3 is 4.74 Å². The Kier molecular flexibility index (Phi) is 4.06. The first kappa shape index (κ1) is 16.4. The summed E-state index contributed by atoms with van der Waals surface area (Å²) in [5.41, 5.74) is 0. The van der Waals surface area contributed by atoms with E-state index in [2.05, 4.69) is 20.8 Å². The van der Waals surface area contributed by atoms with Crippen molar-refractivity contribution in [3.8, 4) is 0 Å². The van der Waals surface area contributed by atoms with Crippen LogP contribution >= 0.6 is 15.9 Å². The number of ether oxygens (including phenoxy) is 1. The molecule has 0 bridgehead atoms. The molecule has 10 atom stereocenters. The molecular formula is C22H34BrNO. The van der Waals surface area contributed by atoms with Crippen LogP contribution in [0.1, 0.15) is 77.0 Å². The summed E-state index contributed by atoms with van der Waals surface area (Å²) in [5.74, 6) is 3.88. The van der Waals surface area contributed by atoms with E-state index in [0.717, 1.165) is 41.8 Å². The van der Waals surface area contributed by atoms with Crippen molar-refractivity contribution in [1.29, 1.82) is 0 Å². The highest BCUT2D eigenvalue weighted by Gasteiger charge is 2.62. The number of hydrogen-bond acceptors (Lipinski definition) is 2. The highest BCUT2D eigenvalue weighted by molar-refractivity contribution is 9.09. The molecule has 0 amide bonds. The molecular weight excluding hydrogens is 374 g/mol. The third kappa shape index (κ3) is 2.34. The molecule has 3 heteroatoms. The van der Waals surface area contributed by atoms with Gasteiger partial charge in [-0.1, -0.05) is 48.0 Å². The monoisotopic (exact) mass is 407 g/mol. The van der Waals surface area contributed by atoms with Gasteiger partial charge in [0.2, 0.25) is 0 Å². The van der Waals surface area contributed by atoms with Crippen LogP contribution in [0.25, 0.3) is 0 Å². The van der Waals surface area contributed by atoms with E-state index in [9.17, 15) is 0 Å². The summed E-state index contributed by atoms with van der Waals surface area (Å²) in [6.45, 7) is 0. The first-order valence-electron chi connectivity index (χ1n) is 11.4. The average Bonchev–Trinajstić information content (AvgIpc) is 2.66. The summed E-state index contributed by atoms with van der Waals surface area (Å²) in [4.78, 5) is 3.86. The van der Waals surface area contributed by atoms with E-state index in [-0.39, 0.29) is 0 Å². The van der Waals surface area contributed by atoms with E-state index in [1.807, 2.05) is 0 Å². The van der Waals surface area contributed by atoms with Crippen molar-refractivity contribution in [3.05, 3.63) is 0 Å². The lowest BCUT2D eigenvalue weighted by molar-refractivity contribution is -0.250. The molecule has 140 valence electrons. The number of fused-ring (bicyclic) bond motifs is 5. The lowest BCUT2D eigenvalue weighted by Crippen LogP contribution is -2.75. The van der Waals surface area contributed by atoms with Crippen LogP contribution < -0.4 is 0 Å². The molecule has 0 aromatic rings. The molecule has 6 aliphatic rings. The molecule has 0 radical (unpaired) electrons. The van der Waals surface area contributed by atoms with E-state index >= 15 is 0 Å². The largest absolute Gasteiger partial charge is 0.372 e. The second kappa shape index (κ2) is 6.21. The van der Waals surface area contributed by atoms with E-state index in [4.69, 9.17) is 4.74 Å². The van der Waals surface area contributed by atoms with Gasteiger partial charge in [0.25, 0.3) is 0 Å². The van der Waals surface area contributed by atoms with Crippen molar-refractivity contribution >= 4 is 15.9 Å². The first-order chi connectivity index (χ1) is 12.3. The molecule has 2 heterocycles. The minimum absolute atomic E-state index is 0.522. The Hall–Kier alpha value is 0.400. The van der Waals surface area contributed by atoms with Crippen molar-refractivity contribution in [2.45, 2.75) is 112 Å². The predicted octanol–water partition coefficient (Wildman–Crippen LogP) is 5.14. The Balaban J connectivity index is 1.44. The number of piperidine rings is 1. The molecule has 6 rings (SSSR count). The second-order valence-corrected chi connectivity index (χ2v) is 11.3. The van der Waals surface area contributed by atoms with Crippen LogP contribution in [0.3, 0.4) is 0 Å². The fraction of sp³-hybridized carbons (Fsp3) is 1.00. The maximum Gasteiger partial charge on any atom is 0.0748 e. The third-order valence-corrected chi connectivity index (χ3v) is 10.3. The van der Waals surface area contributed by atoms with Crippen molar-refractivity contribution in [2.75, 3.05) is 0 Å². The summed E-state index contributed by atoms with van der Waals surface area (Å²) in [5, 5.41) is 0. The molecule has 2 saturated heterocycles. The predicted molar refractivity (Wildman–Crippen MR) is 104 cm³/mol. The molecule has 10 unspecified atom stereocenters. The van der Waals surface area contributed by atoms with Gasteiger partial charge in [0.1, 0.15) is 0 Å². The molecule has 2 nitrogen and oxygen atoms in total. The molecule has 0 aromatic carbocycles. The van der Waals surface area contributed by atoms with Crippen LogP contribution in [0, 0.1) is 23.7 Å². The maximum atomic E-state index is 6.87. The van der Waals surface area contributed by atoms with Gasteiger partial charge >= 0.3 is 0 Å². The minimum Gasteiger partial charge on any atom is -0.372 e. The van der Waals surface area contributed by atoms with Gasteiger partial charge in [-0.3, -0.25) is 4.90 Å². The van der Waals surface area contributed by atoms with Gasteiger partial charge in [0.15, 0.2) is 0 Å². The zero-order valence-electron chi connectivity index (χ0n) is 15.5. The van der Waals surface area contributed by atoms with Crippen molar-refractivity contribution in [2.24, 2.45) is 23.7 Å². The van der Waals surface area contributed by atoms with Crippen molar-refractivity contribution in [3.63, 3.8) is 0 Å². The number of alkyl halides is 1. The molecule has 2 aliphatic heterocycles. The number of rotatable bonds is 0. The summed E-state index contributed by atoms with van der Waals surface area (Å²) in [6, 6.07) is 2.43. The number of hydrogen-bond donors (Lipinski definition) is 0. The lowest BCUT2D eigenvalue weighted by atomic mass is 9.53. The molecule has 25 heavy (non-hydrogen) atoms. The van der Waals surface area contributed by atoms with E-state index in [0.29, 0.717) is 17.0 Å². The first-order valence-corrected chi connectivity index (χ1v) is 12.3. The van der Waals surface area contributed by atoms with Crippen LogP contribution in [-0.2, 0) is 4.74 Å². The third-order valence-electron chi connectivity index (χ3n) is 9.22. The molecule has 4 aliphatic carbocycles. The fourth-order valence-electron chi connectivity index (χ4n) is 8.53. The van der Waals surface area contributed by atoms with Crippen molar-refractivity contribution < 1.29 is 4.74 Å². The number of morpholine rings is 1. The van der Waals surface area contributed by atoms with Gasteiger partial charge in [0, 0.05) is 23.0 Å². The Bertz CT molecular complexity index is 526. The van der Waals surface area contributed by atoms with Crippen LogP contribution in [0.15, 0.2) is 0 Å². The Morgan fingerprint density at radius 3 is 2.32 bits per heavy atom. The Morgan fingerprint density at radius 2 is 1.40 bits per heavy atom. The maximum absolute atomic E-state index is 6.87. The number of nitrogens with zero attached hydrogens (tertiary/aromatic N) is 1. The SMILES string of the molecule is BrC1CC2OC3CCCCC3N3C4CCCCC4C4CCCC1C4C23. The van der Waals surface area contributed by atoms with Gasteiger partial charge in [-0.15, -0.1) is 0 Å². The number of halogens is 1. The standard InChI is InChI=1S/C22H34BrNO/c23-16-12-20-22-21-14(7-5-8-15(16)21)13-6-1-2-9-17(13)24(22)18-10-3-4-11-19(18)25-20/h13-22H,1-12H2. The molecule has 0 spiro atoms. The fourth-order valence-corrected chi connectivity index (χ4v) is 9.51. The van der Waals surface area contributed by atoms with Crippen LogP contribution in [-0.4, -0.2) is 40.1 Å². The minimum atomic E-state index is 0.522. The second-order valence-electron chi connectivity index (χ2n) is 10.1. The summed E-state index contributed by atoms with van der Waals surface area (Å²) in [7, 11) is 0. The van der Waals surface area contributed by atoms with Crippen LogP contribution in [0.4, 0.5) is 0 Å². The lowest BCUT2D eigenvalue weighted by Gasteiger charge is -2.68. The quantitative estimate of drug-likeness (QED) is 0.515. The average molecular weight is 408 g/mol. The highest BCUT2D eigenvalue weighted by atomic mass is 79.9. The Labute approximate surface area is 161 Å². The Morgan fingerprint density at radius 1 is 0.680 bits per heavy atom. The van der Waals surface area contributed by atoms with E-state index in [1.54, 1.807) is 0 Å². The summed E-state index contributed by atoms with van der Waals surface area (Å²) < 4.78 is 6.87. The van der Waals surface area contributed by atoms with Gasteiger partial charge in [-0.05, 0) is 68.6 Å².